The number of carbonyl (C=O) groups excluding carboxylic acids is 1. The highest BCUT2D eigenvalue weighted by atomic mass is 33.1. The predicted molar refractivity (Wildman–Crippen MR) is 180 cm³/mol. The second-order valence-electron chi connectivity index (χ2n) is 11.6. The monoisotopic (exact) mass is 679 g/mol. The van der Waals surface area contributed by atoms with Crippen molar-refractivity contribution in [2.24, 2.45) is 5.41 Å². The van der Waals surface area contributed by atoms with Crippen LogP contribution in [0.15, 0.2) is 15.8 Å². The van der Waals surface area contributed by atoms with E-state index in [0.717, 1.165) is 18.6 Å². The van der Waals surface area contributed by atoms with Gasteiger partial charge >= 0.3 is 11.7 Å². The molecule has 2 rings (SSSR count). The van der Waals surface area contributed by atoms with E-state index in [1.807, 2.05) is 13.8 Å². The molecule has 0 aliphatic carbocycles. The lowest BCUT2D eigenvalue weighted by Gasteiger charge is -2.39. The summed E-state index contributed by atoms with van der Waals surface area (Å²) in [5, 5.41) is 0. The molecule has 1 aromatic heterocycles. The summed E-state index contributed by atoms with van der Waals surface area (Å²) in [6.45, 7) is 18.4. The fourth-order valence-electron chi connectivity index (χ4n) is 4.92. The van der Waals surface area contributed by atoms with Gasteiger partial charge in [0.05, 0.1) is 32.0 Å². The number of rotatable bonds is 21. The van der Waals surface area contributed by atoms with Gasteiger partial charge in [0.2, 0.25) is 0 Å². The number of aryl methyl sites for hydroxylation is 1. The molecular weight excluding hydrogens is 625 g/mol. The molecule has 0 aromatic carbocycles. The molecule has 1 N–H and O–H groups in total. The molecule has 2 heterocycles. The number of nitrogens with zero attached hydrogens (tertiary/aromatic N) is 2. The molecule has 1 fully saturated rings. The van der Waals surface area contributed by atoms with Crippen molar-refractivity contribution in [3.63, 3.8) is 0 Å². The first-order chi connectivity index (χ1) is 20.9. The van der Waals surface area contributed by atoms with Crippen LogP contribution < -0.4 is 11.2 Å². The number of aromatic amines is 1. The lowest BCUT2D eigenvalue weighted by molar-refractivity contribution is -0.162. The summed E-state index contributed by atoms with van der Waals surface area (Å²) in [6.07, 6.45) is 4.13. The molecule has 5 atom stereocenters. The number of unbranched alkanes of at least 4 members (excludes halogenated alkanes) is 1. The van der Waals surface area contributed by atoms with Crippen LogP contribution in [-0.2, 0) is 28.1 Å². The molecule has 1 aliphatic rings. The van der Waals surface area contributed by atoms with Crippen molar-refractivity contribution in [3.05, 3.63) is 32.6 Å². The first-order valence-corrected chi connectivity index (χ1v) is 19.4. The SMILES string of the molecule is CCCCSSCOCC(CC)(COP(OC1C[C@H](n2cc(C)c(=O)[nH]c2=O)O[C@@H]1CC)N(C(C)C)C(C)C)C(=O)OCC. The van der Waals surface area contributed by atoms with Crippen molar-refractivity contribution in [2.45, 2.75) is 125 Å². The highest BCUT2D eigenvalue weighted by Gasteiger charge is 2.44. The van der Waals surface area contributed by atoms with Crippen molar-refractivity contribution in [1.82, 2.24) is 14.2 Å². The van der Waals surface area contributed by atoms with Crippen molar-refractivity contribution < 1.29 is 28.1 Å². The summed E-state index contributed by atoms with van der Waals surface area (Å²) >= 11 is 0. The van der Waals surface area contributed by atoms with Crippen LogP contribution in [0.2, 0.25) is 0 Å². The number of esters is 1. The summed E-state index contributed by atoms with van der Waals surface area (Å²) in [5.41, 5.74) is -1.50. The summed E-state index contributed by atoms with van der Waals surface area (Å²) in [4.78, 5) is 40.3. The van der Waals surface area contributed by atoms with Crippen LogP contribution >= 0.6 is 30.1 Å². The van der Waals surface area contributed by atoms with E-state index < -0.39 is 31.4 Å². The maximum atomic E-state index is 13.4. The zero-order valence-corrected chi connectivity index (χ0v) is 30.5. The van der Waals surface area contributed by atoms with Gasteiger partial charge in [0.25, 0.3) is 14.1 Å². The van der Waals surface area contributed by atoms with Crippen LogP contribution in [0.5, 0.6) is 0 Å². The Kier molecular flexibility index (Phi) is 17.6. The highest BCUT2D eigenvalue weighted by Crippen LogP contribution is 2.51. The molecule has 11 nitrogen and oxygen atoms in total. The maximum Gasteiger partial charge on any atom is 0.330 e. The van der Waals surface area contributed by atoms with E-state index >= 15 is 0 Å². The van der Waals surface area contributed by atoms with E-state index in [-0.39, 0.29) is 50.1 Å². The smallest absolute Gasteiger partial charge is 0.330 e. The van der Waals surface area contributed by atoms with Crippen molar-refractivity contribution in [1.29, 1.82) is 0 Å². The van der Waals surface area contributed by atoms with Gasteiger partial charge in [0.15, 0.2) is 0 Å². The zero-order valence-electron chi connectivity index (χ0n) is 28.0. The Labute approximate surface area is 272 Å². The van der Waals surface area contributed by atoms with Crippen LogP contribution in [0.3, 0.4) is 0 Å². The quantitative estimate of drug-likeness (QED) is 0.0511. The van der Waals surface area contributed by atoms with E-state index in [1.54, 1.807) is 35.4 Å². The Morgan fingerprint density at radius 1 is 1.16 bits per heavy atom. The molecule has 44 heavy (non-hydrogen) atoms. The van der Waals surface area contributed by atoms with Crippen molar-refractivity contribution in [3.8, 4) is 0 Å². The normalized spacial score (nSPS) is 20.9. The van der Waals surface area contributed by atoms with Gasteiger partial charge < -0.3 is 23.3 Å². The fourth-order valence-corrected chi connectivity index (χ4v) is 8.65. The van der Waals surface area contributed by atoms with Gasteiger partial charge in [-0.3, -0.25) is 19.1 Å². The number of aromatic nitrogens is 2. The van der Waals surface area contributed by atoms with Gasteiger partial charge in [-0.2, -0.15) is 0 Å². The van der Waals surface area contributed by atoms with Crippen LogP contribution in [0.1, 0.15) is 99.3 Å². The number of hydrogen-bond acceptors (Lipinski definition) is 11. The third-order valence-electron chi connectivity index (χ3n) is 7.52. The van der Waals surface area contributed by atoms with Gasteiger partial charge in [-0.1, -0.05) is 48.8 Å². The predicted octanol–water partition coefficient (Wildman–Crippen LogP) is 6.41. The number of carbonyl (C=O) groups is 1. The first kappa shape index (κ1) is 39.3. The molecule has 254 valence electrons. The second-order valence-corrected chi connectivity index (χ2v) is 15.5. The molecule has 0 bridgehead atoms. The average Bonchev–Trinajstić information content (AvgIpc) is 3.38. The second kappa shape index (κ2) is 19.7. The van der Waals surface area contributed by atoms with Crippen molar-refractivity contribution >= 4 is 36.1 Å². The van der Waals surface area contributed by atoms with Crippen LogP contribution in [0.4, 0.5) is 0 Å². The lowest BCUT2D eigenvalue weighted by Crippen LogP contribution is -2.42. The minimum Gasteiger partial charge on any atom is -0.465 e. The molecule has 14 heteroatoms. The molecule has 3 unspecified atom stereocenters. The van der Waals surface area contributed by atoms with E-state index in [9.17, 15) is 14.4 Å². The van der Waals surface area contributed by atoms with E-state index in [4.69, 9.17) is 23.3 Å². The maximum absolute atomic E-state index is 13.4. The van der Waals surface area contributed by atoms with Gasteiger partial charge in [-0.15, -0.1) is 0 Å². The largest absolute Gasteiger partial charge is 0.465 e. The first-order valence-electron chi connectivity index (χ1n) is 15.8. The molecule has 0 radical (unpaired) electrons. The molecule has 0 spiro atoms. The Morgan fingerprint density at radius 3 is 2.45 bits per heavy atom. The van der Waals surface area contributed by atoms with E-state index in [0.29, 0.717) is 30.8 Å². The number of H-pyrrole nitrogens is 1. The van der Waals surface area contributed by atoms with E-state index in [1.165, 1.54) is 10.8 Å². The summed E-state index contributed by atoms with van der Waals surface area (Å²) in [6, 6.07) is 0.186. The molecular formula is C30H54N3O8PS2. The third-order valence-corrected chi connectivity index (χ3v) is 11.8. The van der Waals surface area contributed by atoms with E-state index in [2.05, 4.69) is 44.3 Å². The standard InChI is InChI=1S/C30H54N3O8PS2/c1-10-14-15-43-44-20-37-18-30(12-3,28(35)38-13-4)19-39-42(33(21(5)6)22(7)8)41-25-16-26(40-24(25)11-2)32-17-23(9)27(34)31-29(32)36/h17,21-22,24-26H,10-16,18-20H2,1-9H3,(H,31,34,36)/t24-,25?,26-,30?,42?/m1/s1. The van der Waals surface area contributed by atoms with Crippen LogP contribution in [-0.4, -0.2) is 76.0 Å². The Morgan fingerprint density at radius 2 is 1.86 bits per heavy atom. The van der Waals surface area contributed by atoms with Gasteiger partial charge in [0, 0.05) is 36.0 Å². The highest BCUT2D eigenvalue weighted by molar-refractivity contribution is 8.76. The van der Waals surface area contributed by atoms with Gasteiger partial charge in [-0.05, 0) is 60.8 Å². The van der Waals surface area contributed by atoms with Crippen LogP contribution in [0.25, 0.3) is 0 Å². The summed E-state index contributed by atoms with van der Waals surface area (Å²) < 4.78 is 34.8. The minimum absolute atomic E-state index is 0.0734. The van der Waals surface area contributed by atoms with Crippen molar-refractivity contribution in [2.75, 3.05) is 31.5 Å². The van der Waals surface area contributed by atoms with Gasteiger partial charge in [0.1, 0.15) is 17.6 Å². The van der Waals surface area contributed by atoms with Gasteiger partial charge in [-0.25, -0.2) is 9.46 Å². The Balaban J connectivity index is 2.29. The molecule has 1 aliphatic heterocycles. The topological polar surface area (TPSA) is 121 Å². The molecule has 1 saturated heterocycles. The average molecular weight is 680 g/mol. The number of ether oxygens (including phenoxy) is 3. The third kappa shape index (κ3) is 11.1. The number of nitrogens with one attached hydrogen (secondary N) is 1. The summed E-state index contributed by atoms with van der Waals surface area (Å²) in [7, 11) is 1.77. The summed E-state index contributed by atoms with van der Waals surface area (Å²) in [5.74, 6) is 1.19. The van der Waals surface area contributed by atoms with Crippen LogP contribution in [0, 0.1) is 12.3 Å². The molecule has 0 amide bonds. The Bertz CT molecular complexity index is 1110. The molecule has 1 aromatic rings. The molecule has 0 saturated carbocycles. The minimum atomic E-state index is -1.65. The number of hydrogen-bond donors (Lipinski definition) is 1. The fraction of sp³-hybridized carbons (Fsp3) is 0.833. The Hall–Kier alpha value is -0.920. The lowest BCUT2D eigenvalue weighted by atomic mass is 9.87. The zero-order chi connectivity index (χ0) is 32.9.